The van der Waals surface area contributed by atoms with E-state index in [0.29, 0.717) is 32.6 Å². The molecule has 0 saturated heterocycles. The van der Waals surface area contributed by atoms with Crippen LogP contribution in [-0.4, -0.2) is 47.7 Å². The van der Waals surface area contributed by atoms with Crippen molar-refractivity contribution in [2.24, 2.45) is 11.5 Å². The summed E-state index contributed by atoms with van der Waals surface area (Å²) in [7, 11) is -3.87. The SMILES string of the molecule is CCCCCCCCCCCCCCCCCCOP(=O)(O)OCCCCCCCCCCCCCCCCCC.N=C(N)NCCCC(N)C(=O)O. The summed E-state index contributed by atoms with van der Waals surface area (Å²) in [5.41, 5.74) is 10.2. The first-order chi connectivity index (χ1) is 25.7. The van der Waals surface area contributed by atoms with Gasteiger partial charge in [0.15, 0.2) is 5.96 Å². The number of phosphoric ester groups is 1. The quantitative estimate of drug-likeness (QED) is 0.0152. The Morgan fingerprint density at radius 1 is 0.566 bits per heavy atom. The normalized spacial score (nSPS) is 12.0. The molecule has 0 heterocycles. The van der Waals surface area contributed by atoms with Crippen LogP contribution in [0.3, 0.4) is 0 Å². The van der Waals surface area contributed by atoms with Crippen molar-refractivity contribution < 1.29 is 28.4 Å². The van der Waals surface area contributed by atoms with Crippen LogP contribution >= 0.6 is 7.82 Å². The van der Waals surface area contributed by atoms with Gasteiger partial charge < -0.3 is 26.8 Å². The second-order valence-electron chi connectivity index (χ2n) is 15.2. The summed E-state index contributed by atoms with van der Waals surface area (Å²) in [6.07, 6.45) is 43.2. The molecule has 0 spiro atoms. The molecule has 11 heteroatoms. The van der Waals surface area contributed by atoms with E-state index < -0.39 is 19.8 Å². The highest BCUT2D eigenvalue weighted by Gasteiger charge is 2.20. The topological polar surface area (TPSA) is 181 Å². The van der Waals surface area contributed by atoms with Gasteiger partial charge in [0, 0.05) is 6.54 Å². The molecule has 8 N–H and O–H groups in total. The highest BCUT2D eigenvalue weighted by atomic mass is 31.2. The lowest BCUT2D eigenvalue weighted by Crippen LogP contribution is -2.34. The molecule has 0 aliphatic carbocycles. The summed E-state index contributed by atoms with van der Waals surface area (Å²) in [6, 6.07) is -0.821. The molecule has 318 valence electrons. The van der Waals surface area contributed by atoms with Crippen LogP contribution in [0.5, 0.6) is 0 Å². The van der Waals surface area contributed by atoms with Gasteiger partial charge >= 0.3 is 13.8 Å². The minimum Gasteiger partial charge on any atom is -0.480 e. The van der Waals surface area contributed by atoms with Crippen LogP contribution in [0, 0.1) is 5.41 Å². The molecule has 53 heavy (non-hydrogen) atoms. The number of phosphoric acid groups is 1. The van der Waals surface area contributed by atoms with Crippen LogP contribution < -0.4 is 16.8 Å². The largest absolute Gasteiger partial charge is 0.480 e. The van der Waals surface area contributed by atoms with Crippen LogP contribution in [0.1, 0.15) is 232 Å². The molecular weight excluding hydrogens is 687 g/mol. The van der Waals surface area contributed by atoms with Crippen LogP contribution in [0.4, 0.5) is 0 Å². The minimum absolute atomic E-state index is 0.112. The molecule has 0 aliphatic heterocycles. The smallest absolute Gasteiger partial charge is 0.472 e. The molecule has 0 aromatic rings. The molecule has 0 amide bonds. The summed E-state index contributed by atoms with van der Waals surface area (Å²) < 4.78 is 22.4. The van der Waals surface area contributed by atoms with Gasteiger partial charge in [-0.3, -0.25) is 19.3 Å². The highest BCUT2D eigenvalue weighted by molar-refractivity contribution is 7.47. The Kier molecular flexibility index (Phi) is 44.3. The standard InChI is InChI=1S/C36H75O4P.C6H14N4O2/c1-3-5-7-9-11-13-15-17-19-21-23-25-27-29-31-33-35-39-41(37,38)40-36-34-32-30-28-26-24-22-20-18-16-14-12-10-8-6-4-2;7-4(5(11)12)2-1-3-10-6(8)9/h3-36H2,1-2H3,(H,37,38);4H,1-3,7H2,(H,11,12)(H4,8,9,10). The van der Waals surface area contributed by atoms with Gasteiger partial charge in [-0.15, -0.1) is 0 Å². The number of guanidine groups is 1. The number of nitrogens with two attached hydrogens (primary N) is 2. The molecule has 0 aromatic heterocycles. The molecule has 0 rings (SSSR count). The average Bonchev–Trinajstić information content (AvgIpc) is 3.12. The third-order valence-corrected chi connectivity index (χ3v) is 10.8. The predicted molar refractivity (Wildman–Crippen MR) is 226 cm³/mol. The number of aliphatic carboxylic acids is 1. The fourth-order valence-electron chi connectivity index (χ4n) is 6.37. The van der Waals surface area contributed by atoms with E-state index in [1.807, 2.05) is 0 Å². The number of carboxylic acid groups (broad SMARTS) is 1. The van der Waals surface area contributed by atoms with E-state index in [2.05, 4.69) is 19.2 Å². The lowest BCUT2D eigenvalue weighted by atomic mass is 10.0. The molecule has 0 saturated carbocycles. The predicted octanol–water partition coefficient (Wildman–Crippen LogP) is 12.3. The van der Waals surface area contributed by atoms with Gasteiger partial charge in [0.25, 0.3) is 0 Å². The Morgan fingerprint density at radius 2 is 0.830 bits per heavy atom. The van der Waals surface area contributed by atoms with Crippen molar-refractivity contribution in [3.63, 3.8) is 0 Å². The van der Waals surface area contributed by atoms with Gasteiger partial charge in [-0.25, -0.2) is 4.57 Å². The van der Waals surface area contributed by atoms with E-state index >= 15 is 0 Å². The zero-order valence-electron chi connectivity index (χ0n) is 34.9. The highest BCUT2D eigenvalue weighted by Crippen LogP contribution is 2.43. The maximum Gasteiger partial charge on any atom is 0.472 e. The molecule has 1 atom stereocenters. The number of carboxylic acids is 1. The number of carbonyl (C=O) groups is 1. The van der Waals surface area contributed by atoms with E-state index in [1.165, 1.54) is 180 Å². The van der Waals surface area contributed by atoms with E-state index in [0.717, 1.165) is 25.7 Å². The summed E-state index contributed by atoms with van der Waals surface area (Å²) in [6.45, 7) is 5.69. The molecule has 10 nitrogen and oxygen atoms in total. The molecule has 0 radical (unpaired) electrons. The van der Waals surface area contributed by atoms with Crippen molar-refractivity contribution in [3.8, 4) is 0 Å². The average molecular weight is 777 g/mol. The first kappa shape index (κ1) is 53.9. The first-order valence-corrected chi connectivity index (χ1v) is 23.8. The monoisotopic (exact) mass is 777 g/mol. The summed E-state index contributed by atoms with van der Waals surface area (Å²) in [5.74, 6) is -1.11. The van der Waals surface area contributed by atoms with Crippen LogP contribution in [-0.2, 0) is 18.4 Å². The van der Waals surface area contributed by atoms with Gasteiger partial charge in [0.2, 0.25) is 0 Å². The fraction of sp³-hybridized carbons (Fsp3) is 0.952. The number of rotatable bonds is 41. The van der Waals surface area contributed by atoms with Crippen molar-refractivity contribution in [1.82, 2.24) is 5.32 Å². The Morgan fingerprint density at radius 3 is 1.08 bits per heavy atom. The van der Waals surface area contributed by atoms with Crippen molar-refractivity contribution in [3.05, 3.63) is 0 Å². The molecule has 0 bridgehead atoms. The van der Waals surface area contributed by atoms with E-state index in [-0.39, 0.29) is 5.96 Å². The summed E-state index contributed by atoms with van der Waals surface area (Å²) >= 11 is 0. The number of nitrogens with one attached hydrogen (secondary N) is 2. The van der Waals surface area contributed by atoms with Gasteiger partial charge in [-0.2, -0.15) is 0 Å². The lowest BCUT2D eigenvalue weighted by Gasteiger charge is -2.12. The van der Waals surface area contributed by atoms with E-state index in [9.17, 15) is 14.3 Å². The third kappa shape index (κ3) is 48.8. The number of hydrogen-bond donors (Lipinski definition) is 6. The maximum atomic E-state index is 12.0. The molecule has 0 aromatic carbocycles. The minimum atomic E-state index is -3.87. The van der Waals surface area contributed by atoms with Gasteiger partial charge in [-0.05, 0) is 25.7 Å². The van der Waals surface area contributed by atoms with Crippen LogP contribution in [0.25, 0.3) is 0 Å². The molecule has 1 unspecified atom stereocenters. The van der Waals surface area contributed by atoms with Gasteiger partial charge in [0.1, 0.15) is 6.04 Å². The summed E-state index contributed by atoms with van der Waals surface area (Å²) in [4.78, 5) is 20.1. The molecular formula is C42H89N4O6P. The second kappa shape index (κ2) is 43.5. The van der Waals surface area contributed by atoms with Crippen molar-refractivity contribution >= 4 is 19.8 Å². The Labute approximate surface area is 327 Å². The van der Waals surface area contributed by atoms with E-state index in [1.54, 1.807) is 0 Å². The zero-order valence-corrected chi connectivity index (χ0v) is 35.8. The molecule has 0 fully saturated rings. The van der Waals surface area contributed by atoms with Gasteiger partial charge in [-0.1, -0.05) is 206 Å². The van der Waals surface area contributed by atoms with Crippen LogP contribution in [0.2, 0.25) is 0 Å². The Hall–Kier alpha value is -1.19. The maximum absolute atomic E-state index is 12.0. The van der Waals surface area contributed by atoms with Crippen molar-refractivity contribution in [2.45, 2.75) is 238 Å². The second-order valence-corrected chi connectivity index (χ2v) is 16.6. The Bertz CT molecular complexity index is 781. The van der Waals surface area contributed by atoms with E-state index in [4.69, 9.17) is 31.0 Å². The number of unbranched alkanes of at least 4 members (excludes halogenated alkanes) is 30. The zero-order chi connectivity index (χ0) is 39.5. The lowest BCUT2D eigenvalue weighted by molar-refractivity contribution is -0.138. The third-order valence-electron chi connectivity index (χ3n) is 9.83. The Balaban J connectivity index is 0. The van der Waals surface area contributed by atoms with Crippen molar-refractivity contribution in [2.75, 3.05) is 19.8 Å². The van der Waals surface area contributed by atoms with Gasteiger partial charge in [0.05, 0.1) is 13.2 Å². The fourth-order valence-corrected chi connectivity index (χ4v) is 7.16. The number of hydrogen-bond acceptors (Lipinski definition) is 6. The molecule has 0 aliphatic rings. The van der Waals surface area contributed by atoms with Crippen molar-refractivity contribution in [1.29, 1.82) is 5.41 Å². The summed E-state index contributed by atoms with van der Waals surface area (Å²) in [5, 5.41) is 17.7. The first-order valence-electron chi connectivity index (χ1n) is 22.3. The van der Waals surface area contributed by atoms with Crippen LogP contribution in [0.15, 0.2) is 0 Å².